The Labute approximate surface area is 176 Å². The molecule has 0 aromatic heterocycles. The predicted octanol–water partition coefficient (Wildman–Crippen LogP) is -0.686. The van der Waals surface area contributed by atoms with Crippen molar-refractivity contribution < 1.29 is 39.4 Å². The lowest BCUT2D eigenvalue weighted by Gasteiger charge is -2.31. The van der Waals surface area contributed by atoms with Crippen LogP contribution in [0.2, 0.25) is 0 Å². The van der Waals surface area contributed by atoms with E-state index in [0.717, 1.165) is 0 Å². The lowest BCUT2D eigenvalue weighted by atomic mass is 9.76. The van der Waals surface area contributed by atoms with Gasteiger partial charge in [0.05, 0.1) is 17.9 Å². The Kier molecular flexibility index (Phi) is 4.95. The molecule has 12 heteroatoms. The number of carbonyl (C=O) groups excluding carboxylic acids is 2. The van der Waals surface area contributed by atoms with E-state index in [-0.39, 0.29) is 51.1 Å². The molecule has 170 valence electrons. The van der Waals surface area contributed by atoms with E-state index in [1.54, 1.807) is 0 Å². The highest BCUT2D eigenvalue weighted by Gasteiger charge is 2.72. The van der Waals surface area contributed by atoms with E-state index in [1.165, 1.54) is 9.80 Å². The minimum atomic E-state index is -1.37. The standard InChI is InChI=1S/C19H25N3O9/c23-11-3-5-13(15(26)27)19(9-11)17(29)21(19)7-1-6-20-16(28)18(20)8-10(22(30)31)2-4-12(18)14(24)25/h10-13,23H,1-9H2,(H,24,25)(H,26,27). The Morgan fingerprint density at radius 1 is 0.935 bits per heavy atom. The maximum Gasteiger partial charge on any atom is 0.309 e. The van der Waals surface area contributed by atoms with Crippen molar-refractivity contribution in [1.29, 1.82) is 0 Å². The molecule has 2 saturated heterocycles. The quantitative estimate of drug-likeness (QED) is 0.263. The van der Waals surface area contributed by atoms with Crippen molar-refractivity contribution in [1.82, 2.24) is 9.80 Å². The number of nitrogens with zero attached hydrogens (tertiary/aromatic N) is 3. The van der Waals surface area contributed by atoms with Gasteiger partial charge in [-0.25, -0.2) is 0 Å². The van der Waals surface area contributed by atoms with Crippen LogP contribution in [0.3, 0.4) is 0 Å². The molecular weight excluding hydrogens is 414 g/mol. The summed E-state index contributed by atoms with van der Waals surface area (Å²) in [5.74, 6) is -4.89. The molecule has 6 atom stereocenters. The molecule has 2 aliphatic carbocycles. The normalized spacial score (nSPS) is 39.1. The first-order chi connectivity index (χ1) is 14.6. The third-order valence-electron chi connectivity index (χ3n) is 7.58. The van der Waals surface area contributed by atoms with Crippen molar-refractivity contribution in [3.05, 3.63) is 10.1 Å². The van der Waals surface area contributed by atoms with Crippen LogP contribution in [0, 0.1) is 22.0 Å². The molecule has 2 aliphatic heterocycles. The van der Waals surface area contributed by atoms with Crippen LogP contribution in [0.5, 0.6) is 0 Å². The second-order valence-corrected chi connectivity index (χ2v) is 9.05. The highest BCUT2D eigenvalue weighted by molar-refractivity contribution is 6.07. The number of hydrogen-bond donors (Lipinski definition) is 3. The van der Waals surface area contributed by atoms with Crippen molar-refractivity contribution in [2.24, 2.45) is 11.8 Å². The Morgan fingerprint density at radius 2 is 1.42 bits per heavy atom. The smallest absolute Gasteiger partial charge is 0.309 e. The van der Waals surface area contributed by atoms with Gasteiger partial charge in [0.15, 0.2) is 0 Å². The first kappa shape index (κ1) is 21.5. The van der Waals surface area contributed by atoms with E-state index >= 15 is 0 Å². The molecule has 0 aromatic rings. The van der Waals surface area contributed by atoms with Crippen LogP contribution >= 0.6 is 0 Å². The second-order valence-electron chi connectivity index (χ2n) is 9.05. The van der Waals surface area contributed by atoms with Crippen LogP contribution in [0.25, 0.3) is 0 Å². The molecule has 6 unspecified atom stereocenters. The van der Waals surface area contributed by atoms with Crippen LogP contribution in [0.15, 0.2) is 0 Å². The van der Waals surface area contributed by atoms with Crippen LogP contribution < -0.4 is 0 Å². The zero-order valence-corrected chi connectivity index (χ0v) is 16.8. The van der Waals surface area contributed by atoms with Crippen LogP contribution in [-0.2, 0) is 19.2 Å². The molecule has 0 radical (unpaired) electrons. The number of aliphatic hydroxyl groups excluding tert-OH is 1. The molecule has 4 fully saturated rings. The van der Waals surface area contributed by atoms with Gasteiger partial charge in [0.1, 0.15) is 11.1 Å². The molecule has 12 nitrogen and oxygen atoms in total. The van der Waals surface area contributed by atoms with Gasteiger partial charge in [0.25, 0.3) is 5.91 Å². The topological polar surface area (TPSA) is 178 Å². The summed E-state index contributed by atoms with van der Waals surface area (Å²) >= 11 is 0. The minimum Gasteiger partial charge on any atom is -0.481 e. The van der Waals surface area contributed by atoms with E-state index in [1.807, 2.05) is 0 Å². The first-order valence-electron chi connectivity index (χ1n) is 10.5. The van der Waals surface area contributed by atoms with Crippen molar-refractivity contribution in [3.63, 3.8) is 0 Å². The molecular formula is C19H25N3O9. The number of aliphatic carboxylic acids is 2. The zero-order chi connectivity index (χ0) is 22.7. The average molecular weight is 439 g/mol. The third-order valence-corrected chi connectivity index (χ3v) is 7.58. The summed E-state index contributed by atoms with van der Waals surface area (Å²) in [6, 6.07) is -0.971. The fourth-order valence-corrected chi connectivity index (χ4v) is 5.94. The number of rotatable bonds is 7. The predicted molar refractivity (Wildman–Crippen MR) is 100 cm³/mol. The van der Waals surface area contributed by atoms with E-state index in [9.17, 15) is 44.6 Å². The van der Waals surface area contributed by atoms with Gasteiger partial charge in [0.2, 0.25) is 11.9 Å². The number of carboxylic acid groups (broad SMARTS) is 2. The number of amides is 2. The fraction of sp³-hybridized carbons (Fsp3) is 0.789. The third kappa shape index (κ3) is 3.07. The van der Waals surface area contributed by atoms with Crippen molar-refractivity contribution >= 4 is 23.8 Å². The van der Waals surface area contributed by atoms with Gasteiger partial charge in [-0.05, 0) is 25.7 Å². The first-order valence-corrected chi connectivity index (χ1v) is 10.5. The summed E-state index contributed by atoms with van der Waals surface area (Å²) in [5, 5.41) is 40.2. The average Bonchev–Trinajstić information content (AvgIpc) is 3.45. The maximum atomic E-state index is 12.6. The van der Waals surface area contributed by atoms with Crippen LogP contribution in [-0.4, -0.2) is 90.1 Å². The van der Waals surface area contributed by atoms with Gasteiger partial charge < -0.3 is 25.1 Å². The molecule has 2 saturated carbocycles. The SMILES string of the molecule is O=C(O)C1CCC(O)CC12C(=O)N2CCCN1C(=O)C12CC([N+](=O)[O-])CCC2C(=O)O. The number of carbonyl (C=O) groups is 4. The molecule has 4 rings (SSSR count). The number of carboxylic acids is 2. The highest BCUT2D eigenvalue weighted by Crippen LogP contribution is 2.52. The fourth-order valence-electron chi connectivity index (χ4n) is 5.94. The van der Waals surface area contributed by atoms with Gasteiger partial charge >= 0.3 is 11.9 Å². The summed E-state index contributed by atoms with van der Waals surface area (Å²) in [4.78, 5) is 61.8. The molecule has 2 heterocycles. The number of hydrogen-bond acceptors (Lipinski definition) is 7. The number of aliphatic hydroxyl groups is 1. The molecule has 3 N–H and O–H groups in total. The summed E-state index contributed by atoms with van der Waals surface area (Å²) in [6.07, 6.45) is 0.133. The van der Waals surface area contributed by atoms with Crippen LogP contribution in [0.4, 0.5) is 0 Å². The summed E-state index contributed by atoms with van der Waals surface area (Å²) in [6.45, 7) is 0.304. The van der Waals surface area contributed by atoms with Gasteiger partial charge in [-0.2, -0.15) is 0 Å². The monoisotopic (exact) mass is 439 g/mol. The Bertz CT molecular complexity index is 863. The summed E-state index contributed by atoms with van der Waals surface area (Å²) < 4.78 is 0. The van der Waals surface area contributed by atoms with E-state index < -0.39 is 57.8 Å². The van der Waals surface area contributed by atoms with Crippen molar-refractivity contribution in [3.8, 4) is 0 Å². The highest BCUT2D eigenvalue weighted by atomic mass is 16.6. The number of nitro groups is 1. The molecule has 2 amide bonds. The zero-order valence-electron chi connectivity index (χ0n) is 16.8. The van der Waals surface area contributed by atoms with Crippen molar-refractivity contribution in [2.75, 3.05) is 13.1 Å². The van der Waals surface area contributed by atoms with Crippen LogP contribution in [0.1, 0.15) is 44.9 Å². The van der Waals surface area contributed by atoms with E-state index in [4.69, 9.17) is 0 Å². The Morgan fingerprint density at radius 3 is 1.90 bits per heavy atom. The molecule has 0 bridgehead atoms. The van der Waals surface area contributed by atoms with Gasteiger partial charge in [-0.3, -0.25) is 29.3 Å². The van der Waals surface area contributed by atoms with Gasteiger partial charge in [0, 0.05) is 37.3 Å². The van der Waals surface area contributed by atoms with E-state index in [0.29, 0.717) is 12.8 Å². The Hall–Kier alpha value is -2.76. The van der Waals surface area contributed by atoms with E-state index in [2.05, 4.69) is 0 Å². The molecule has 0 aromatic carbocycles. The summed E-state index contributed by atoms with van der Waals surface area (Å²) in [7, 11) is 0. The van der Waals surface area contributed by atoms with Gasteiger partial charge in [-0.1, -0.05) is 0 Å². The maximum absolute atomic E-state index is 12.6. The molecule has 31 heavy (non-hydrogen) atoms. The molecule has 4 aliphatic rings. The molecule has 2 spiro atoms. The second kappa shape index (κ2) is 7.14. The van der Waals surface area contributed by atoms with Crippen molar-refractivity contribution in [2.45, 2.75) is 68.2 Å². The minimum absolute atomic E-state index is 0.0507. The lowest BCUT2D eigenvalue weighted by molar-refractivity contribution is -0.528. The lowest BCUT2D eigenvalue weighted by Crippen LogP contribution is -2.45. The summed E-state index contributed by atoms with van der Waals surface area (Å²) in [5.41, 5.74) is -2.58. The Balaban J connectivity index is 1.40. The largest absolute Gasteiger partial charge is 0.481 e. The van der Waals surface area contributed by atoms with Gasteiger partial charge in [-0.15, -0.1) is 0 Å².